The molecule has 1 fully saturated rings. The molecule has 1 aliphatic rings. The molecule has 6 heteroatoms. The maximum absolute atomic E-state index is 12.4. The number of hydrogen-bond donors (Lipinski definition) is 2. The molecule has 2 aromatic rings. The highest BCUT2D eigenvalue weighted by atomic mass is 16.5. The Bertz CT molecular complexity index is 773. The number of amides is 2. The number of para-hydroxylation sites is 2. The largest absolute Gasteiger partial charge is 0.492 e. The minimum atomic E-state index is -0.203. The summed E-state index contributed by atoms with van der Waals surface area (Å²) in [7, 11) is 4.04. The number of nitrogens with zero attached hydrogens (tertiary/aromatic N) is 2. The summed E-state index contributed by atoms with van der Waals surface area (Å²) in [4.78, 5) is 16.8. The van der Waals surface area contributed by atoms with E-state index in [1.54, 1.807) is 0 Å². The van der Waals surface area contributed by atoms with Crippen LogP contribution in [0.15, 0.2) is 48.5 Å². The van der Waals surface area contributed by atoms with E-state index in [0.29, 0.717) is 13.2 Å². The van der Waals surface area contributed by atoms with Gasteiger partial charge in [0.2, 0.25) is 0 Å². The lowest BCUT2D eigenvalue weighted by molar-refractivity contribution is 0.251. The van der Waals surface area contributed by atoms with Gasteiger partial charge in [-0.1, -0.05) is 24.3 Å². The Hall–Kier alpha value is -2.73. The Morgan fingerprint density at radius 3 is 2.68 bits per heavy atom. The Labute approximate surface area is 167 Å². The zero-order valence-corrected chi connectivity index (χ0v) is 16.8. The van der Waals surface area contributed by atoms with Crippen molar-refractivity contribution in [3.05, 3.63) is 54.1 Å². The number of anilines is 2. The molecule has 3 rings (SSSR count). The monoisotopic (exact) mass is 382 g/mol. The topological polar surface area (TPSA) is 56.8 Å². The van der Waals surface area contributed by atoms with Crippen LogP contribution in [0.2, 0.25) is 0 Å². The second-order valence-corrected chi connectivity index (χ2v) is 7.32. The van der Waals surface area contributed by atoms with Gasteiger partial charge in [-0.3, -0.25) is 0 Å². The highest BCUT2D eigenvalue weighted by Gasteiger charge is 2.16. The minimum Gasteiger partial charge on any atom is -0.492 e. The van der Waals surface area contributed by atoms with E-state index >= 15 is 0 Å². The maximum atomic E-state index is 12.4. The van der Waals surface area contributed by atoms with Crippen molar-refractivity contribution < 1.29 is 9.53 Å². The molecule has 28 heavy (non-hydrogen) atoms. The molecule has 0 spiro atoms. The van der Waals surface area contributed by atoms with Gasteiger partial charge in [0.25, 0.3) is 0 Å². The van der Waals surface area contributed by atoms with Crippen molar-refractivity contribution in [3.8, 4) is 5.75 Å². The lowest BCUT2D eigenvalue weighted by atomic mass is 10.2. The Kier molecular flexibility index (Phi) is 7.14. The van der Waals surface area contributed by atoms with Crippen LogP contribution in [0.4, 0.5) is 16.2 Å². The van der Waals surface area contributed by atoms with Crippen LogP contribution in [0.5, 0.6) is 5.75 Å². The fourth-order valence-corrected chi connectivity index (χ4v) is 3.25. The standard InChI is InChI=1S/C22H30N4O2/c1-25(2)14-15-28-19-9-7-8-18(16-19)17-23-22(27)24-20-10-3-4-11-21(20)26-12-5-6-13-26/h3-4,7-11,16H,5-6,12-15,17H2,1-2H3,(H2,23,24,27). The van der Waals surface area contributed by atoms with Crippen LogP contribution in [0.3, 0.4) is 0 Å². The summed E-state index contributed by atoms with van der Waals surface area (Å²) in [5.74, 6) is 0.820. The number of carbonyl (C=O) groups excluding carboxylic acids is 1. The van der Waals surface area contributed by atoms with Gasteiger partial charge in [0.1, 0.15) is 12.4 Å². The van der Waals surface area contributed by atoms with Crippen LogP contribution in [-0.4, -0.2) is 51.3 Å². The molecule has 0 bridgehead atoms. The van der Waals surface area contributed by atoms with Gasteiger partial charge in [-0.25, -0.2) is 4.79 Å². The molecule has 2 amide bonds. The van der Waals surface area contributed by atoms with Crippen LogP contribution in [0, 0.1) is 0 Å². The predicted molar refractivity (Wildman–Crippen MR) is 114 cm³/mol. The third kappa shape index (κ3) is 5.89. The van der Waals surface area contributed by atoms with Gasteiger partial charge in [0.05, 0.1) is 11.4 Å². The lowest BCUT2D eigenvalue weighted by Crippen LogP contribution is -2.29. The molecular weight excluding hydrogens is 352 g/mol. The zero-order valence-electron chi connectivity index (χ0n) is 16.8. The second-order valence-electron chi connectivity index (χ2n) is 7.32. The average Bonchev–Trinajstić information content (AvgIpc) is 3.21. The van der Waals surface area contributed by atoms with Crippen LogP contribution in [0.1, 0.15) is 18.4 Å². The van der Waals surface area contributed by atoms with Gasteiger partial charge >= 0.3 is 6.03 Å². The summed E-state index contributed by atoms with van der Waals surface area (Å²) < 4.78 is 5.76. The highest BCUT2D eigenvalue weighted by Crippen LogP contribution is 2.28. The molecule has 0 aromatic heterocycles. The number of rotatable bonds is 8. The SMILES string of the molecule is CN(C)CCOc1cccc(CNC(=O)Nc2ccccc2N2CCCC2)c1. The van der Waals surface area contributed by atoms with E-state index in [2.05, 4.69) is 26.5 Å². The first-order chi connectivity index (χ1) is 13.6. The number of ether oxygens (including phenoxy) is 1. The number of carbonyl (C=O) groups is 1. The molecule has 150 valence electrons. The van der Waals surface area contributed by atoms with Crippen LogP contribution < -0.4 is 20.3 Å². The van der Waals surface area contributed by atoms with Crippen molar-refractivity contribution in [2.75, 3.05) is 50.6 Å². The van der Waals surface area contributed by atoms with Gasteiger partial charge < -0.3 is 25.2 Å². The molecule has 1 heterocycles. The van der Waals surface area contributed by atoms with Crippen molar-refractivity contribution in [2.24, 2.45) is 0 Å². The van der Waals surface area contributed by atoms with E-state index in [1.165, 1.54) is 12.8 Å². The molecular formula is C22H30N4O2. The number of urea groups is 1. The van der Waals surface area contributed by atoms with E-state index in [4.69, 9.17) is 4.74 Å². The molecule has 0 unspecified atom stereocenters. The van der Waals surface area contributed by atoms with Gasteiger partial charge in [-0.05, 0) is 56.8 Å². The first-order valence-electron chi connectivity index (χ1n) is 9.87. The lowest BCUT2D eigenvalue weighted by Gasteiger charge is -2.21. The first-order valence-corrected chi connectivity index (χ1v) is 9.87. The normalized spacial score (nSPS) is 13.6. The summed E-state index contributed by atoms with van der Waals surface area (Å²) in [5, 5.41) is 5.92. The molecule has 0 atom stereocenters. The van der Waals surface area contributed by atoms with Crippen molar-refractivity contribution in [1.82, 2.24) is 10.2 Å². The Balaban J connectivity index is 1.52. The predicted octanol–water partition coefficient (Wildman–Crippen LogP) is 3.55. The van der Waals surface area contributed by atoms with E-state index in [9.17, 15) is 4.79 Å². The molecule has 0 radical (unpaired) electrons. The van der Waals surface area contributed by atoms with E-state index in [1.807, 2.05) is 56.6 Å². The van der Waals surface area contributed by atoms with E-state index in [0.717, 1.165) is 42.3 Å². The fourth-order valence-electron chi connectivity index (χ4n) is 3.25. The maximum Gasteiger partial charge on any atom is 0.319 e. The molecule has 1 saturated heterocycles. The molecule has 6 nitrogen and oxygen atoms in total. The Morgan fingerprint density at radius 1 is 1.11 bits per heavy atom. The highest BCUT2D eigenvalue weighted by molar-refractivity contribution is 5.93. The molecule has 2 aromatic carbocycles. The van der Waals surface area contributed by atoms with Gasteiger partial charge in [0.15, 0.2) is 0 Å². The van der Waals surface area contributed by atoms with Gasteiger partial charge in [-0.2, -0.15) is 0 Å². The second kappa shape index (κ2) is 9.99. The number of likely N-dealkylation sites (N-methyl/N-ethyl adjacent to an activating group) is 1. The molecule has 0 aliphatic carbocycles. The number of benzene rings is 2. The number of nitrogens with one attached hydrogen (secondary N) is 2. The first kappa shape index (κ1) is 20.0. The summed E-state index contributed by atoms with van der Waals surface area (Å²) in [6, 6.07) is 15.6. The quantitative estimate of drug-likeness (QED) is 0.733. The van der Waals surface area contributed by atoms with Crippen molar-refractivity contribution >= 4 is 17.4 Å². The minimum absolute atomic E-state index is 0.203. The van der Waals surface area contributed by atoms with Crippen molar-refractivity contribution in [3.63, 3.8) is 0 Å². The zero-order chi connectivity index (χ0) is 19.8. The van der Waals surface area contributed by atoms with Crippen molar-refractivity contribution in [2.45, 2.75) is 19.4 Å². The molecule has 0 saturated carbocycles. The van der Waals surface area contributed by atoms with Crippen LogP contribution in [0.25, 0.3) is 0 Å². The van der Waals surface area contributed by atoms with Crippen LogP contribution >= 0.6 is 0 Å². The summed E-state index contributed by atoms with van der Waals surface area (Å²) in [6.45, 7) is 4.03. The van der Waals surface area contributed by atoms with Gasteiger partial charge in [0, 0.05) is 26.2 Å². The summed E-state index contributed by atoms with van der Waals surface area (Å²) in [6.07, 6.45) is 2.40. The third-order valence-electron chi connectivity index (χ3n) is 4.76. The molecule has 2 N–H and O–H groups in total. The summed E-state index contributed by atoms with van der Waals surface area (Å²) >= 11 is 0. The molecule has 1 aliphatic heterocycles. The van der Waals surface area contributed by atoms with Gasteiger partial charge in [-0.15, -0.1) is 0 Å². The summed E-state index contributed by atoms with van der Waals surface area (Å²) in [5.41, 5.74) is 2.94. The van der Waals surface area contributed by atoms with E-state index in [-0.39, 0.29) is 6.03 Å². The van der Waals surface area contributed by atoms with Crippen molar-refractivity contribution in [1.29, 1.82) is 0 Å². The number of hydrogen-bond acceptors (Lipinski definition) is 4. The smallest absolute Gasteiger partial charge is 0.319 e. The Morgan fingerprint density at radius 2 is 1.89 bits per heavy atom. The fraction of sp³-hybridized carbons (Fsp3) is 0.409. The average molecular weight is 383 g/mol. The third-order valence-corrected chi connectivity index (χ3v) is 4.76. The van der Waals surface area contributed by atoms with Crippen LogP contribution in [-0.2, 0) is 6.54 Å². The van der Waals surface area contributed by atoms with E-state index < -0.39 is 0 Å².